The molecule has 31 heavy (non-hydrogen) atoms. The molecule has 0 unspecified atom stereocenters. The zero-order valence-electron chi connectivity index (χ0n) is 15.6. The molecule has 10 heteroatoms. The lowest BCUT2D eigenvalue weighted by molar-refractivity contribution is -0.137. The molecule has 0 aliphatic heterocycles. The van der Waals surface area contributed by atoms with Crippen LogP contribution in [0.15, 0.2) is 72.1 Å². The molecule has 2 heterocycles. The molecule has 0 radical (unpaired) electrons. The maximum Gasteiger partial charge on any atom is 0.416 e. The van der Waals surface area contributed by atoms with Gasteiger partial charge in [-0.25, -0.2) is 0 Å². The van der Waals surface area contributed by atoms with Gasteiger partial charge in [0.05, 0.1) is 16.3 Å². The molecule has 4 rings (SSSR count). The van der Waals surface area contributed by atoms with Crippen LogP contribution < -0.4 is 0 Å². The number of alkyl halides is 3. The summed E-state index contributed by atoms with van der Waals surface area (Å²) >= 11 is 13.9. The van der Waals surface area contributed by atoms with Crippen molar-refractivity contribution in [1.82, 2.24) is 19.7 Å². The molecule has 0 fully saturated rings. The van der Waals surface area contributed by atoms with E-state index in [9.17, 15) is 13.2 Å². The van der Waals surface area contributed by atoms with Crippen molar-refractivity contribution in [3.05, 3.63) is 88.2 Å². The van der Waals surface area contributed by atoms with Gasteiger partial charge in [0.1, 0.15) is 0 Å². The van der Waals surface area contributed by atoms with E-state index in [2.05, 4.69) is 15.2 Å². The first kappa shape index (κ1) is 21.7. The van der Waals surface area contributed by atoms with Gasteiger partial charge in [-0.05, 0) is 48.0 Å². The van der Waals surface area contributed by atoms with E-state index in [-0.39, 0.29) is 0 Å². The minimum atomic E-state index is -4.37. The molecule has 4 aromatic rings. The summed E-state index contributed by atoms with van der Waals surface area (Å²) in [4.78, 5) is 4.13. The summed E-state index contributed by atoms with van der Waals surface area (Å²) in [6.07, 6.45) is -1.06. The predicted octanol–water partition coefficient (Wildman–Crippen LogP) is 6.95. The van der Waals surface area contributed by atoms with Gasteiger partial charge in [-0.2, -0.15) is 13.2 Å². The van der Waals surface area contributed by atoms with Gasteiger partial charge in [0.15, 0.2) is 11.0 Å². The Labute approximate surface area is 190 Å². The fraction of sp³-hybridized carbons (Fsp3) is 0.0952. The first-order valence-corrected chi connectivity index (χ1v) is 10.7. The molecule has 2 aromatic carbocycles. The topological polar surface area (TPSA) is 43.6 Å². The quantitative estimate of drug-likeness (QED) is 0.290. The van der Waals surface area contributed by atoms with Crippen LogP contribution in [0.4, 0.5) is 13.2 Å². The fourth-order valence-electron chi connectivity index (χ4n) is 2.86. The second kappa shape index (κ2) is 8.90. The van der Waals surface area contributed by atoms with Crippen molar-refractivity contribution in [2.24, 2.45) is 0 Å². The van der Waals surface area contributed by atoms with E-state index in [1.165, 1.54) is 23.9 Å². The van der Waals surface area contributed by atoms with Gasteiger partial charge >= 0.3 is 6.18 Å². The average Bonchev–Trinajstić information content (AvgIpc) is 3.18. The van der Waals surface area contributed by atoms with E-state index in [4.69, 9.17) is 23.2 Å². The maximum absolute atomic E-state index is 12.8. The van der Waals surface area contributed by atoms with Crippen molar-refractivity contribution in [2.45, 2.75) is 17.1 Å². The Hall–Kier alpha value is -2.55. The molecule has 0 spiro atoms. The molecule has 0 saturated carbocycles. The zero-order valence-corrected chi connectivity index (χ0v) is 18.0. The van der Waals surface area contributed by atoms with Crippen molar-refractivity contribution < 1.29 is 13.2 Å². The van der Waals surface area contributed by atoms with Crippen molar-refractivity contribution >= 4 is 35.0 Å². The normalized spacial score (nSPS) is 11.6. The van der Waals surface area contributed by atoms with Gasteiger partial charge in [0.25, 0.3) is 0 Å². The molecule has 0 amide bonds. The molecule has 0 atom stereocenters. The summed E-state index contributed by atoms with van der Waals surface area (Å²) in [6, 6.07) is 13.7. The number of hydrogen-bond acceptors (Lipinski definition) is 4. The first-order valence-electron chi connectivity index (χ1n) is 8.93. The smallest absolute Gasteiger partial charge is 0.268 e. The van der Waals surface area contributed by atoms with Crippen molar-refractivity contribution in [3.8, 4) is 17.1 Å². The molecule has 0 aliphatic rings. The summed E-state index contributed by atoms with van der Waals surface area (Å²) in [5.74, 6) is 0.911. The van der Waals surface area contributed by atoms with Gasteiger partial charge in [0.2, 0.25) is 0 Å². The van der Waals surface area contributed by atoms with E-state index >= 15 is 0 Å². The molecule has 158 valence electrons. The van der Waals surface area contributed by atoms with Gasteiger partial charge in [-0.1, -0.05) is 47.1 Å². The van der Waals surface area contributed by atoms with Gasteiger partial charge in [-0.15, -0.1) is 10.2 Å². The Balaban J connectivity index is 1.70. The van der Waals surface area contributed by atoms with Gasteiger partial charge < -0.3 is 0 Å². The largest absolute Gasteiger partial charge is 0.416 e. The highest BCUT2D eigenvalue weighted by Gasteiger charge is 2.30. The summed E-state index contributed by atoms with van der Waals surface area (Å²) in [5.41, 5.74) is 1.35. The molecule has 0 aliphatic carbocycles. The zero-order chi connectivity index (χ0) is 22.0. The Bertz CT molecular complexity index is 1200. The van der Waals surface area contributed by atoms with E-state index in [0.29, 0.717) is 38.0 Å². The van der Waals surface area contributed by atoms with Crippen LogP contribution in [0.1, 0.15) is 11.1 Å². The standard InChI is InChI=1S/C21H13Cl2F3N4S/c22-16-7-8-17(23)18(10-16)30-19(14-2-1-9-27-11-14)28-29-20(30)31-12-13-3-5-15(6-4-13)21(24,25)26/h1-11H,12H2. The number of halogens is 5. The number of rotatable bonds is 5. The van der Waals surface area contributed by atoms with E-state index in [0.717, 1.165) is 17.7 Å². The Morgan fingerprint density at radius 3 is 2.42 bits per heavy atom. The van der Waals surface area contributed by atoms with Crippen LogP contribution in [-0.4, -0.2) is 19.7 Å². The highest BCUT2D eigenvalue weighted by Crippen LogP contribution is 2.34. The number of nitrogens with zero attached hydrogens (tertiary/aromatic N) is 4. The Morgan fingerprint density at radius 1 is 0.968 bits per heavy atom. The van der Waals surface area contributed by atoms with Crippen LogP contribution in [-0.2, 0) is 11.9 Å². The lowest BCUT2D eigenvalue weighted by Crippen LogP contribution is -2.04. The number of pyridine rings is 1. The molecule has 2 aromatic heterocycles. The number of thioether (sulfide) groups is 1. The molecule has 0 bridgehead atoms. The lowest BCUT2D eigenvalue weighted by atomic mass is 10.1. The van der Waals surface area contributed by atoms with Crippen molar-refractivity contribution in [2.75, 3.05) is 0 Å². The fourth-order valence-corrected chi connectivity index (χ4v) is 4.13. The molecular formula is C21H13Cl2F3N4S. The van der Waals surface area contributed by atoms with Crippen LogP contribution in [0, 0.1) is 0 Å². The van der Waals surface area contributed by atoms with Crippen LogP contribution in [0.2, 0.25) is 10.0 Å². The minimum absolute atomic E-state index is 0.390. The third-order valence-corrected chi connectivity index (χ3v) is 5.91. The Morgan fingerprint density at radius 2 is 1.74 bits per heavy atom. The van der Waals surface area contributed by atoms with Gasteiger partial charge in [-0.3, -0.25) is 9.55 Å². The summed E-state index contributed by atoms with van der Waals surface area (Å²) in [6.45, 7) is 0. The highest BCUT2D eigenvalue weighted by molar-refractivity contribution is 7.98. The van der Waals surface area contributed by atoms with Crippen LogP contribution in [0.25, 0.3) is 17.1 Å². The third kappa shape index (κ3) is 4.87. The maximum atomic E-state index is 12.8. The molecule has 0 N–H and O–H groups in total. The second-order valence-corrected chi connectivity index (χ2v) is 8.25. The first-order chi connectivity index (χ1) is 14.8. The lowest BCUT2D eigenvalue weighted by Gasteiger charge is -2.12. The molecule has 0 saturated heterocycles. The molecule has 4 nitrogen and oxygen atoms in total. The summed E-state index contributed by atoms with van der Waals surface area (Å²) < 4.78 is 40.1. The monoisotopic (exact) mass is 480 g/mol. The highest BCUT2D eigenvalue weighted by atomic mass is 35.5. The van der Waals surface area contributed by atoms with Crippen molar-refractivity contribution in [3.63, 3.8) is 0 Å². The number of aromatic nitrogens is 4. The van der Waals surface area contributed by atoms with Crippen molar-refractivity contribution in [1.29, 1.82) is 0 Å². The minimum Gasteiger partial charge on any atom is -0.268 e. The Kier molecular flexibility index (Phi) is 6.22. The second-order valence-electron chi connectivity index (χ2n) is 6.46. The summed E-state index contributed by atoms with van der Waals surface area (Å²) in [5, 5.41) is 10.0. The van der Waals surface area contributed by atoms with Crippen LogP contribution in [0.5, 0.6) is 0 Å². The number of hydrogen-bond donors (Lipinski definition) is 0. The third-order valence-electron chi connectivity index (χ3n) is 4.35. The van der Waals surface area contributed by atoms with Gasteiger partial charge in [0, 0.05) is 28.7 Å². The number of benzene rings is 2. The predicted molar refractivity (Wildman–Crippen MR) is 116 cm³/mol. The van der Waals surface area contributed by atoms with Crippen LogP contribution >= 0.6 is 35.0 Å². The van der Waals surface area contributed by atoms with E-state index < -0.39 is 11.7 Å². The molecular weight excluding hydrogens is 468 g/mol. The van der Waals surface area contributed by atoms with E-state index in [1.54, 1.807) is 41.2 Å². The van der Waals surface area contributed by atoms with E-state index in [1.807, 2.05) is 6.07 Å². The SMILES string of the molecule is FC(F)(F)c1ccc(CSc2nnc(-c3cccnc3)n2-c2cc(Cl)ccc2Cl)cc1. The summed E-state index contributed by atoms with van der Waals surface area (Å²) in [7, 11) is 0. The average molecular weight is 481 g/mol. The van der Waals surface area contributed by atoms with Crippen LogP contribution in [0.3, 0.4) is 0 Å².